The number of hydrogen-bond donors (Lipinski definition) is 1. The van der Waals surface area contributed by atoms with Crippen molar-refractivity contribution >= 4 is 44.1 Å². The molecule has 1 N–H and O–H groups in total. The Morgan fingerprint density at radius 1 is 1.29 bits per heavy atom. The number of para-hydroxylation sites is 1. The minimum atomic E-state index is -1.20. The second-order valence-electron chi connectivity index (χ2n) is 4.51. The van der Waals surface area contributed by atoms with Crippen LogP contribution in [-0.4, -0.2) is 15.6 Å². The van der Waals surface area contributed by atoms with Crippen LogP contribution in [0.15, 0.2) is 51.2 Å². The number of carbonyl (C=O) groups is 1. The Balaban J connectivity index is 2.26. The van der Waals surface area contributed by atoms with Crippen LogP contribution < -0.4 is 5.43 Å². The third kappa shape index (κ3) is 2.52. The highest BCUT2D eigenvalue weighted by molar-refractivity contribution is 9.10. The first kappa shape index (κ1) is 14.0. The fourth-order valence-electron chi connectivity index (χ4n) is 2.22. The summed E-state index contributed by atoms with van der Waals surface area (Å²) in [6.07, 6.45) is 1.42. The standard InChI is InChI=1S/C15H10BrNO3S/c16-11-5-6-21-13(11)8-17-7-10(15(19)20)14(18)9-3-1-2-4-12(9)17/h1-7H,8H2,(H,19,20). The maximum absolute atomic E-state index is 12.2. The van der Waals surface area contributed by atoms with E-state index in [1.54, 1.807) is 28.0 Å². The molecule has 0 saturated carbocycles. The van der Waals surface area contributed by atoms with Crippen LogP contribution in [0.2, 0.25) is 0 Å². The fraction of sp³-hybridized carbons (Fsp3) is 0.0667. The smallest absolute Gasteiger partial charge is 0.341 e. The molecule has 0 bridgehead atoms. The van der Waals surface area contributed by atoms with Gasteiger partial charge in [0.25, 0.3) is 0 Å². The second-order valence-corrected chi connectivity index (χ2v) is 6.37. The number of aromatic carboxylic acids is 1. The van der Waals surface area contributed by atoms with Gasteiger partial charge in [0.2, 0.25) is 5.43 Å². The van der Waals surface area contributed by atoms with E-state index in [0.29, 0.717) is 11.9 Å². The number of fused-ring (bicyclic) bond motifs is 1. The number of carboxylic acids is 1. The summed E-state index contributed by atoms with van der Waals surface area (Å²) in [4.78, 5) is 24.5. The van der Waals surface area contributed by atoms with Gasteiger partial charge in [-0.15, -0.1) is 11.3 Å². The first-order chi connectivity index (χ1) is 10.1. The third-order valence-electron chi connectivity index (χ3n) is 3.22. The van der Waals surface area contributed by atoms with Crippen LogP contribution >= 0.6 is 27.3 Å². The van der Waals surface area contributed by atoms with Gasteiger partial charge in [-0.3, -0.25) is 4.79 Å². The minimum Gasteiger partial charge on any atom is -0.477 e. The average molecular weight is 364 g/mol. The number of halogens is 1. The summed E-state index contributed by atoms with van der Waals surface area (Å²) in [7, 11) is 0. The molecule has 0 amide bonds. The molecule has 21 heavy (non-hydrogen) atoms. The zero-order valence-corrected chi connectivity index (χ0v) is 13.1. The largest absolute Gasteiger partial charge is 0.477 e. The van der Waals surface area contributed by atoms with Crippen molar-refractivity contribution in [1.82, 2.24) is 4.57 Å². The minimum absolute atomic E-state index is 0.207. The lowest BCUT2D eigenvalue weighted by Crippen LogP contribution is -2.19. The molecule has 3 rings (SSSR count). The molecule has 106 valence electrons. The molecule has 2 heterocycles. The molecule has 3 aromatic rings. The Bertz CT molecular complexity index is 897. The van der Waals surface area contributed by atoms with Gasteiger partial charge in [0.05, 0.1) is 12.1 Å². The van der Waals surface area contributed by atoms with Crippen molar-refractivity contribution in [2.45, 2.75) is 6.54 Å². The molecule has 0 fully saturated rings. The number of hydrogen-bond acceptors (Lipinski definition) is 3. The van der Waals surface area contributed by atoms with Crippen molar-refractivity contribution in [3.63, 3.8) is 0 Å². The number of pyridine rings is 1. The molecule has 0 aliphatic rings. The maximum atomic E-state index is 12.2. The lowest BCUT2D eigenvalue weighted by molar-refractivity contribution is 0.0695. The summed E-state index contributed by atoms with van der Waals surface area (Å²) >= 11 is 5.05. The summed E-state index contributed by atoms with van der Waals surface area (Å²) in [5, 5.41) is 11.6. The van der Waals surface area contributed by atoms with Crippen LogP contribution in [0.1, 0.15) is 15.2 Å². The van der Waals surface area contributed by atoms with Gasteiger partial charge in [-0.2, -0.15) is 0 Å². The van der Waals surface area contributed by atoms with E-state index in [2.05, 4.69) is 15.9 Å². The summed E-state index contributed by atoms with van der Waals surface area (Å²) in [5.74, 6) is -1.20. The third-order valence-corrected chi connectivity index (χ3v) is 5.13. The van der Waals surface area contributed by atoms with Crippen LogP contribution in [-0.2, 0) is 6.54 Å². The Kier molecular flexibility index (Phi) is 3.65. The Morgan fingerprint density at radius 2 is 2.05 bits per heavy atom. The summed E-state index contributed by atoms with van der Waals surface area (Å²) in [6, 6.07) is 9.00. The number of aromatic nitrogens is 1. The van der Waals surface area contributed by atoms with Gasteiger partial charge in [0.1, 0.15) is 5.56 Å². The van der Waals surface area contributed by atoms with E-state index in [1.165, 1.54) is 6.20 Å². The predicted molar refractivity (Wildman–Crippen MR) is 86.3 cm³/mol. The molecule has 4 nitrogen and oxygen atoms in total. The first-order valence-corrected chi connectivity index (χ1v) is 7.82. The van der Waals surface area contributed by atoms with Gasteiger partial charge in [0.15, 0.2) is 0 Å². The van der Waals surface area contributed by atoms with Crippen LogP contribution in [0, 0.1) is 0 Å². The molecule has 0 aliphatic carbocycles. The van der Waals surface area contributed by atoms with Crippen molar-refractivity contribution < 1.29 is 9.90 Å². The van der Waals surface area contributed by atoms with E-state index >= 15 is 0 Å². The maximum Gasteiger partial charge on any atom is 0.341 e. The quantitative estimate of drug-likeness (QED) is 0.773. The summed E-state index contributed by atoms with van der Waals surface area (Å²) < 4.78 is 2.78. The van der Waals surface area contributed by atoms with Gasteiger partial charge < -0.3 is 9.67 Å². The Hall–Kier alpha value is -1.92. The van der Waals surface area contributed by atoms with E-state index in [9.17, 15) is 14.7 Å². The van der Waals surface area contributed by atoms with E-state index < -0.39 is 11.4 Å². The van der Waals surface area contributed by atoms with Crippen molar-refractivity contribution in [2.75, 3.05) is 0 Å². The van der Waals surface area contributed by atoms with Crippen LogP contribution in [0.5, 0.6) is 0 Å². The van der Waals surface area contributed by atoms with Crippen molar-refractivity contribution in [3.8, 4) is 0 Å². The molecule has 1 aromatic carbocycles. The lowest BCUT2D eigenvalue weighted by Gasteiger charge is -2.11. The topological polar surface area (TPSA) is 59.3 Å². The summed E-state index contributed by atoms with van der Waals surface area (Å²) in [5.41, 5.74) is 0.0776. The molecule has 0 unspecified atom stereocenters. The van der Waals surface area contributed by atoms with Crippen molar-refractivity contribution in [1.29, 1.82) is 0 Å². The van der Waals surface area contributed by atoms with Gasteiger partial charge in [0, 0.05) is 20.9 Å². The monoisotopic (exact) mass is 363 g/mol. The molecule has 0 spiro atoms. The van der Waals surface area contributed by atoms with Gasteiger partial charge in [-0.1, -0.05) is 12.1 Å². The molecule has 0 atom stereocenters. The van der Waals surface area contributed by atoms with Crippen LogP contribution in [0.25, 0.3) is 10.9 Å². The van der Waals surface area contributed by atoms with E-state index in [4.69, 9.17) is 0 Å². The zero-order chi connectivity index (χ0) is 15.0. The van der Waals surface area contributed by atoms with Crippen molar-refractivity contribution in [3.05, 3.63) is 67.0 Å². The molecule has 0 radical (unpaired) electrons. The number of benzene rings is 1. The highest BCUT2D eigenvalue weighted by Gasteiger charge is 2.15. The first-order valence-electron chi connectivity index (χ1n) is 6.15. The Labute approximate surface area is 132 Å². The van der Waals surface area contributed by atoms with Crippen LogP contribution in [0.4, 0.5) is 0 Å². The molecule has 0 aliphatic heterocycles. The van der Waals surface area contributed by atoms with E-state index in [1.807, 2.05) is 23.6 Å². The predicted octanol–water partition coefficient (Wildman–Crippen LogP) is 3.57. The SMILES string of the molecule is O=C(O)c1cn(Cc2sccc2Br)c2ccccc2c1=O. The number of thiophene rings is 1. The lowest BCUT2D eigenvalue weighted by atomic mass is 10.1. The van der Waals surface area contributed by atoms with E-state index in [0.717, 1.165) is 14.9 Å². The number of nitrogens with zero attached hydrogens (tertiary/aromatic N) is 1. The normalized spacial score (nSPS) is 10.9. The van der Waals surface area contributed by atoms with Gasteiger partial charge >= 0.3 is 5.97 Å². The van der Waals surface area contributed by atoms with Gasteiger partial charge in [-0.25, -0.2) is 4.79 Å². The highest BCUT2D eigenvalue weighted by atomic mass is 79.9. The summed E-state index contributed by atoms with van der Waals surface area (Å²) in [6.45, 7) is 0.513. The van der Waals surface area contributed by atoms with Crippen molar-refractivity contribution in [2.24, 2.45) is 0 Å². The Morgan fingerprint density at radius 3 is 2.71 bits per heavy atom. The molecule has 2 aromatic heterocycles. The fourth-order valence-corrected chi connectivity index (χ4v) is 3.70. The van der Waals surface area contributed by atoms with Gasteiger partial charge in [-0.05, 0) is 39.5 Å². The molecular formula is C15H10BrNO3S. The number of rotatable bonds is 3. The molecule has 0 saturated heterocycles. The van der Waals surface area contributed by atoms with Crippen LogP contribution in [0.3, 0.4) is 0 Å². The zero-order valence-electron chi connectivity index (χ0n) is 10.7. The average Bonchev–Trinajstić information content (AvgIpc) is 2.87. The van der Waals surface area contributed by atoms with E-state index in [-0.39, 0.29) is 5.56 Å². The molecule has 6 heteroatoms. The highest BCUT2D eigenvalue weighted by Crippen LogP contribution is 2.25. The second kappa shape index (κ2) is 5.46. The molecular weight excluding hydrogens is 354 g/mol. The number of carboxylic acid groups (broad SMARTS) is 1.